The molecule has 5 nitrogen and oxygen atoms in total. The van der Waals surface area contributed by atoms with Crippen molar-refractivity contribution in [2.75, 3.05) is 11.4 Å². The van der Waals surface area contributed by atoms with Gasteiger partial charge in [-0.05, 0) is 26.7 Å². The van der Waals surface area contributed by atoms with Crippen LogP contribution in [0.15, 0.2) is 6.07 Å². The molecule has 2 rings (SSSR count). The van der Waals surface area contributed by atoms with Gasteiger partial charge in [0.1, 0.15) is 0 Å². The van der Waals surface area contributed by atoms with Gasteiger partial charge in [0.2, 0.25) is 0 Å². The van der Waals surface area contributed by atoms with Crippen molar-refractivity contribution in [2.45, 2.75) is 58.1 Å². The maximum absolute atomic E-state index is 11.3. The number of nitro groups is 1. The van der Waals surface area contributed by atoms with E-state index in [-0.39, 0.29) is 10.6 Å². The number of rotatable bonds is 5. The molecule has 20 heavy (non-hydrogen) atoms. The molecule has 1 heterocycles. The van der Waals surface area contributed by atoms with Gasteiger partial charge in [-0.1, -0.05) is 19.3 Å². The zero-order valence-electron chi connectivity index (χ0n) is 12.0. The third-order valence-electron chi connectivity index (χ3n) is 3.94. The lowest BCUT2D eigenvalue weighted by Gasteiger charge is -2.33. The standard InChI is InChI=1S/C14H22N2O3S/c1-3-15(11-7-5-4-6-8-11)14-12(16(18)19)9-13(20-14)10(2)17/h9-11,17H,3-8H2,1-2H3/t10-/m0/s1. The van der Waals surface area contributed by atoms with E-state index >= 15 is 0 Å². The molecule has 0 amide bonds. The van der Waals surface area contributed by atoms with Gasteiger partial charge < -0.3 is 10.0 Å². The second-order valence-electron chi connectivity index (χ2n) is 5.35. The Hall–Kier alpha value is -1.14. The average Bonchev–Trinajstić information content (AvgIpc) is 2.86. The van der Waals surface area contributed by atoms with E-state index in [0.29, 0.717) is 15.9 Å². The van der Waals surface area contributed by atoms with Gasteiger partial charge in [-0.2, -0.15) is 0 Å². The van der Waals surface area contributed by atoms with E-state index in [1.54, 1.807) is 6.92 Å². The van der Waals surface area contributed by atoms with E-state index in [2.05, 4.69) is 4.90 Å². The fraction of sp³-hybridized carbons (Fsp3) is 0.714. The molecule has 0 radical (unpaired) electrons. The van der Waals surface area contributed by atoms with Crippen molar-refractivity contribution in [1.29, 1.82) is 0 Å². The molecular weight excluding hydrogens is 276 g/mol. The third-order valence-corrected chi connectivity index (χ3v) is 5.27. The Morgan fingerprint density at radius 1 is 1.50 bits per heavy atom. The Morgan fingerprint density at radius 3 is 2.65 bits per heavy atom. The van der Waals surface area contributed by atoms with Crippen molar-refractivity contribution in [3.63, 3.8) is 0 Å². The second kappa shape index (κ2) is 6.54. The summed E-state index contributed by atoms with van der Waals surface area (Å²) in [7, 11) is 0. The van der Waals surface area contributed by atoms with Crippen LogP contribution < -0.4 is 4.90 Å². The Labute approximate surface area is 123 Å². The van der Waals surface area contributed by atoms with Crippen molar-refractivity contribution < 1.29 is 10.0 Å². The molecule has 1 N–H and O–H groups in total. The molecule has 1 aromatic heterocycles. The van der Waals surface area contributed by atoms with Crippen LogP contribution in [0.1, 0.15) is 56.9 Å². The largest absolute Gasteiger partial charge is 0.388 e. The van der Waals surface area contributed by atoms with Gasteiger partial charge in [0, 0.05) is 23.5 Å². The maximum atomic E-state index is 11.3. The number of anilines is 1. The van der Waals surface area contributed by atoms with Crippen molar-refractivity contribution in [3.8, 4) is 0 Å². The van der Waals surface area contributed by atoms with Gasteiger partial charge in [0.15, 0.2) is 5.00 Å². The molecule has 0 bridgehead atoms. The summed E-state index contributed by atoms with van der Waals surface area (Å²) >= 11 is 1.36. The van der Waals surface area contributed by atoms with Gasteiger partial charge >= 0.3 is 5.69 Å². The molecule has 1 fully saturated rings. The van der Waals surface area contributed by atoms with Crippen molar-refractivity contribution in [3.05, 3.63) is 21.1 Å². The van der Waals surface area contributed by atoms with Crippen LogP contribution in [0.2, 0.25) is 0 Å². The monoisotopic (exact) mass is 298 g/mol. The summed E-state index contributed by atoms with van der Waals surface area (Å²) in [6, 6.07) is 1.92. The van der Waals surface area contributed by atoms with E-state index in [9.17, 15) is 15.2 Å². The number of hydrogen-bond acceptors (Lipinski definition) is 5. The van der Waals surface area contributed by atoms with Gasteiger partial charge in [-0.3, -0.25) is 10.1 Å². The molecule has 0 unspecified atom stereocenters. The highest BCUT2D eigenvalue weighted by atomic mass is 32.1. The van der Waals surface area contributed by atoms with Gasteiger partial charge in [-0.25, -0.2) is 0 Å². The molecular formula is C14H22N2O3S. The minimum atomic E-state index is -0.655. The molecule has 6 heteroatoms. The normalized spacial score (nSPS) is 17.9. The van der Waals surface area contributed by atoms with Crippen LogP contribution in [0, 0.1) is 10.1 Å². The zero-order valence-corrected chi connectivity index (χ0v) is 12.9. The lowest BCUT2D eigenvalue weighted by Crippen LogP contribution is -2.36. The minimum Gasteiger partial charge on any atom is -0.388 e. The van der Waals surface area contributed by atoms with E-state index in [1.165, 1.54) is 36.7 Å². The molecule has 1 aliphatic carbocycles. The first-order chi connectivity index (χ1) is 9.54. The topological polar surface area (TPSA) is 66.6 Å². The van der Waals surface area contributed by atoms with Crippen LogP contribution in [0.4, 0.5) is 10.7 Å². The van der Waals surface area contributed by atoms with Crippen LogP contribution >= 0.6 is 11.3 Å². The summed E-state index contributed by atoms with van der Waals surface area (Å²) in [6.07, 6.45) is 5.21. The summed E-state index contributed by atoms with van der Waals surface area (Å²) in [4.78, 5) is 13.8. The molecule has 0 aliphatic heterocycles. The van der Waals surface area contributed by atoms with E-state index in [1.807, 2.05) is 6.92 Å². The van der Waals surface area contributed by atoms with Gasteiger partial charge in [-0.15, -0.1) is 11.3 Å². The first-order valence-corrected chi connectivity index (χ1v) is 8.09. The van der Waals surface area contributed by atoms with Crippen molar-refractivity contribution >= 4 is 22.0 Å². The Morgan fingerprint density at radius 2 is 2.15 bits per heavy atom. The lowest BCUT2D eigenvalue weighted by molar-refractivity contribution is -0.383. The van der Waals surface area contributed by atoms with Crippen LogP contribution in [0.3, 0.4) is 0 Å². The summed E-state index contributed by atoms with van der Waals surface area (Å²) < 4.78 is 0. The van der Waals surface area contributed by atoms with Crippen LogP contribution in [-0.4, -0.2) is 22.6 Å². The van der Waals surface area contributed by atoms with Crippen molar-refractivity contribution in [2.24, 2.45) is 0 Å². The third kappa shape index (κ3) is 3.12. The highest BCUT2D eigenvalue weighted by Crippen LogP contribution is 2.42. The number of thiophene rings is 1. The highest BCUT2D eigenvalue weighted by Gasteiger charge is 2.29. The summed E-state index contributed by atoms with van der Waals surface area (Å²) in [5.74, 6) is 0. The molecule has 112 valence electrons. The van der Waals surface area contributed by atoms with E-state index in [4.69, 9.17) is 0 Å². The van der Waals surface area contributed by atoms with Crippen LogP contribution in [0.25, 0.3) is 0 Å². The molecule has 1 atom stereocenters. The molecule has 0 saturated heterocycles. The SMILES string of the molecule is CCN(c1sc([C@H](C)O)cc1[N+](=O)[O-])C1CCCCC1. The zero-order chi connectivity index (χ0) is 14.7. The molecule has 1 saturated carbocycles. The van der Waals surface area contributed by atoms with Crippen molar-refractivity contribution in [1.82, 2.24) is 0 Å². The van der Waals surface area contributed by atoms with E-state index in [0.717, 1.165) is 19.4 Å². The minimum absolute atomic E-state index is 0.137. The predicted molar refractivity (Wildman–Crippen MR) is 81.5 cm³/mol. The van der Waals surface area contributed by atoms with Gasteiger partial charge in [0.25, 0.3) is 0 Å². The fourth-order valence-corrected chi connectivity index (χ4v) is 4.09. The highest BCUT2D eigenvalue weighted by molar-refractivity contribution is 7.16. The maximum Gasteiger partial charge on any atom is 0.304 e. The molecule has 0 aromatic carbocycles. The fourth-order valence-electron chi connectivity index (χ4n) is 2.89. The Bertz CT molecular complexity index is 467. The smallest absolute Gasteiger partial charge is 0.304 e. The first kappa shape index (κ1) is 15.3. The second-order valence-corrected chi connectivity index (χ2v) is 6.41. The summed E-state index contributed by atoms with van der Waals surface area (Å²) in [5.41, 5.74) is 0.137. The number of nitrogens with zero attached hydrogens (tertiary/aromatic N) is 2. The number of aliphatic hydroxyl groups excluding tert-OH is 1. The average molecular weight is 298 g/mol. The van der Waals surface area contributed by atoms with Crippen LogP contribution in [0.5, 0.6) is 0 Å². The molecule has 1 aliphatic rings. The number of hydrogen-bond donors (Lipinski definition) is 1. The van der Waals surface area contributed by atoms with E-state index < -0.39 is 6.10 Å². The quantitative estimate of drug-likeness (QED) is 0.662. The first-order valence-electron chi connectivity index (χ1n) is 7.27. The Kier molecular flexibility index (Phi) is 4.99. The van der Waals surface area contributed by atoms with Crippen LogP contribution in [-0.2, 0) is 0 Å². The lowest BCUT2D eigenvalue weighted by atomic mass is 9.94. The predicted octanol–water partition coefficient (Wildman–Crippen LogP) is 3.87. The summed E-state index contributed by atoms with van der Waals surface area (Å²) in [6.45, 7) is 4.46. The Balaban J connectivity index is 2.34. The number of aliphatic hydroxyl groups is 1. The summed E-state index contributed by atoms with van der Waals surface area (Å²) in [5, 5.41) is 21.7. The molecule has 0 spiro atoms. The van der Waals surface area contributed by atoms with Gasteiger partial charge in [0.05, 0.1) is 11.0 Å². The molecule has 1 aromatic rings.